The topological polar surface area (TPSA) is 61.8 Å². The lowest BCUT2D eigenvalue weighted by Gasteiger charge is -2.16. The molecule has 0 atom stereocenters. The predicted molar refractivity (Wildman–Crippen MR) is 135 cm³/mol. The maximum Gasteiger partial charge on any atom is 0.411 e. The quantitative estimate of drug-likeness (QED) is 0.259. The number of guanidine groups is 1. The molecule has 182 valence electrons. The average molecular weight is 577 g/mol. The summed E-state index contributed by atoms with van der Waals surface area (Å²) in [5.74, 6) is 1.71. The summed E-state index contributed by atoms with van der Waals surface area (Å²) in [4.78, 5) is 11.4. The van der Waals surface area contributed by atoms with Crippen molar-refractivity contribution in [2.24, 2.45) is 4.99 Å². The zero-order chi connectivity index (χ0) is 22.8. The molecule has 2 N–H and O–H groups in total. The summed E-state index contributed by atoms with van der Waals surface area (Å²) in [5.41, 5.74) is 2.79. The lowest BCUT2D eigenvalue weighted by atomic mass is 10.1. The zero-order valence-electron chi connectivity index (χ0n) is 18.7. The molecule has 1 fully saturated rings. The second-order valence-electron chi connectivity index (χ2n) is 7.69. The Morgan fingerprint density at radius 3 is 2.42 bits per heavy atom. The molecule has 0 spiro atoms. The highest BCUT2D eigenvalue weighted by Gasteiger charge is 2.27. The molecule has 1 aliphatic heterocycles. The number of aliphatic imine (C=N–C) groups is 1. The van der Waals surface area contributed by atoms with Crippen LogP contribution in [0.5, 0.6) is 0 Å². The van der Waals surface area contributed by atoms with Crippen LogP contribution in [0.3, 0.4) is 0 Å². The number of benzene rings is 1. The van der Waals surface area contributed by atoms with E-state index in [-0.39, 0.29) is 30.6 Å². The van der Waals surface area contributed by atoms with Gasteiger partial charge in [0.25, 0.3) is 0 Å². The summed E-state index contributed by atoms with van der Waals surface area (Å²) in [6.07, 6.45) is -0.0586. The van der Waals surface area contributed by atoms with Gasteiger partial charge in [0.2, 0.25) is 0 Å². The van der Waals surface area contributed by atoms with Gasteiger partial charge in [-0.25, -0.2) is 9.98 Å². The average Bonchev–Trinajstić information content (AvgIpc) is 3.31. The third kappa shape index (κ3) is 9.75. The number of alkyl halides is 3. The van der Waals surface area contributed by atoms with Crippen LogP contribution in [0.4, 0.5) is 19.0 Å². The minimum Gasteiger partial charge on any atom is -0.367 e. The fourth-order valence-electron chi connectivity index (χ4n) is 3.41. The van der Waals surface area contributed by atoms with E-state index in [1.54, 1.807) is 12.1 Å². The van der Waals surface area contributed by atoms with Crippen LogP contribution in [-0.4, -0.2) is 43.4 Å². The Kier molecular flexibility index (Phi) is 11.2. The fourth-order valence-corrected chi connectivity index (χ4v) is 3.41. The van der Waals surface area contributed by atoms with Crippen molar-refractivity contribution in [1.29, 1.82) is 0 Å². The molecule has 0 saturated carbocycles. The molecule has 0 amide bonds. The Bertz CT molecular complexity index is 871. The number of rotatable bonds is 9. The SMILES string of the molecule is CCNC(=NCc1ccnc(N2CCCC2)c1)NCc1ccc(COCC(F)(F)F)cc1.I. The van der Waals surface area contributed by atoms with Gasteiger partial charge >= 0.3 is 6.18 Å². The van der Waals surface area contributed by atoms with E-state index in [4.69, 9.17) is 4.74 Å². The van der Waals surface area contributed by atoms with E-state index in [1.165, 1.54) is 12.8 Å². The van der Waals surface area contributed by atoms with Crippen LogP contribution in [0.2, 0.25) is 0 Å². The molecule has 0 radical (unpaired) electrons. The van der Waals surface area contributed by atoms with Crippen LogP contribution < -0.4 is 15.5 Å². The molecule has 6 nitrogen and oxygen atoms in total. The van der Waals surface area contributed by atoms with Gasteiger partial charge in [-0.05, 0) is 48.6 Å². The van der Waals surface area contributed by atoms with Crippen molar-refractivity contribution in [2.75, 3.05) is 31.1 Å². The van der Waals surface area contributed by atoms with Gasteiger partial charge in [-0.3, -0.25) is 0 Å². The van der Waals surface area contributed by atoms with Gasteiger partial charge in [0.1, 0.15) is 12.4 Å². The molecule has 0 bridgehead atoms. The standard InChI is InChI=1S/C23H30F3N5O.HI/c1-2-27-22(30-15-20-9-10-28-21(13-20)31-11-3-4-12-31)29-14-18-5-7-19(8-6-18)16-32-17-23(24,25)26;/h5-10,13H,2-4,11-12,14-17H2,1H3,(H2,27,29,30);1H. The number of halogens is 4. The Hall–Kier alpha value is -2.08. The second kappa shape index (κ2) is 13.6. The first kappa shape index (κ1) is 27.2. The van der Waals surface area contributed by atoms with Crippen molar-refractivity contribution in [2.45, 2.75) is 45.6 Å². The fraction of sp³-hybridized carbons (Fsp3) is 0.478. The Labute approximate surface area is 210 Å². The molecule has 10 heteroatoms. The molecule has 0 aliphatic carbocycles. The molecule has 1 aromatic heterocycles. The maximum atomic E-state index is 12.2. The molecule has 2 heterocycles. The number of ether oxygens (including phenoxy) is 1. The number of hydrogen-bond acceptors (Lipinski definition) is 4. The van der Waals surface area contributed by atoms with E-state index in [9.17, 15) is 13.2 Å². The largest absolute Gasteiger partial charge is 0.411 e. The van der Waals surface area contributed by atoms with Gasteiger partial charge in [0.05, 0.1) is 13.2 Å². The van der Waals surface area contributed by atoms with E-state index in [2.05, 4.69) is 31.6 Å². The highest BCUT2D eigenvalue weighted by Crippen LogP contribution is 2.19. The third-order valence-electron chi connectivity index (χ3n) is 5.02. The van der Waals surface area contributed by atoms with E-state index in [0.717, 1.165) is 36.6 Å². The zero-order valence-corrected chi connectivity index (χ0v) is 21.0. The number of pyridine rings is 1. The molecule has 1 saturated heterocycles. The summed E-state index contributed by atoms with van der Waals surface area (Å²) >= 11 is 0. The first-order valence-electron chi connectivity index (χ1n) is 10.9. The lowest BCUT2D eigenvalue weighted by Crippen LogP contribution is -2.36. The molecule has 3 rings (SSSR count). The first-order valence-corrected chi connectivity index (χ1v) is 10.9. The normalized spacial score (nSPS) is 14.2. The smallest absolute Gasteiger partial charge is 0.367 e. The molecule has 0 unspecified atom stereocenters. The molecule has 2 aromatic rings. The maximum absolute atomic E-state index is 12.2. The highest BCUT2D eigenvalue weighted by atomic mass is 127. The summed E-state index contributed by atoms with van der Waals surface area (Å²) < 4.78 is 41.2. The van der Waals surface area contributed by atoms with Gasteiger partial charge in [-0.2, -0.15) is 13.2 Å². The van der Waals surface area contributed by atoms with Gasteiger partial charge < -0.3 is 20.3 Å². The van der Waals surface area contributed by atoms with Crippen LogP contribution >= 0.6 is 24.0 Å². The van der Waals surface area contributed by atoms with Crippen molar-refractivity contribution in [3.63, 3.8) is 0 Å². The summed E-state index contributed by atoms with van der Waals surface area (Å²) in [7, 11) is 0. The first-order chi connectivity index (χ1) is 15.4. The van der Waals surface area contributed by atoms with Crippen molar-refractivity contribution in [3.05, 3.63) is 59.3 Å². The van der Waals surface area contributed by atoms with E-state index in [0.29, 0.717) is 24.6 Å². The van der Waals surface area contributed by atoms with Crippen molar-refractivity contribution in [1.82, 2.24) is 15.6 Å². The van der Waals surface area contributed by atoms with Crippen LogP contribution in [0.15, 0.2) is 47.6 Å². The van der Waals surface area contributed by atoms with Crippen LogP contribution in [0.25, 0.3) is 0 Å². The highest BCUT2D eigenvalue weighted by molar-refractivity contribution is 14.0. The predicted octanol–water partition coefficient (Wildman–Crippen LogP) is 4.63. The van der Waals surface area contributed by atoms with Gasteiger partial charge in [0, 0.05) is 32.4 Å². The van der Waals surface area contributed by atoms with Gasteiger partial charge in [-0.15, -0.1) is 24.0 Å². The van der Waals surface area contributed by atoms with Crippen LogP contribution in [-0.2, 0) is 24.4 Å². The Balaban J connectivity index is 0.00000385. The number of hydrogen-bond donors (Lipinski definition) is 2. The summed E-state index contributed by atoms with van der Waals surface area (Å²) in [6.45, 7) is 4.62. The molecular formula is C23H31F3IN5O. The van der Waals surface area contributed by atoms with Crippen molar-refractivity contribution < 1.29 is 17.9 Å². The van der Waals surface area contributed by atoms with E-state index in [1.807, 2.05) is 31.3 Å². The third-order valence-corrected chi connectivity index (χ3v) is 5.02. The van der Waals surface area contributed by atoms with E-state index >= 15 is 0 Å². The van der Waals surface area contributed by atoms with Crippen LogP contribution in [0, 0.1) is 0 Å². The van der Waals surface area contributed by atoms with Crippen LogP contribution in [0.1, 0.15) is 36.5 Å². The van der Waals surface area contributed by atoms with Crippen molar-refractivity contribution in [3.8, 4) is 0 Å². The molecule has 1 aromatic carbocycles. The minimum atomic E-state index is -4.31. The number of anilines is 1. The second-order valence-corrected chi connectivity index (χ2v) is 7.69. The summed E-state index contributed by atoms with van der Waals surface area (Å²) in [6, 6.07) is 11.4. The Morgan fingerprint density at radius 1 is 1.06 bits per heavy atom. The Morgan fingerprint density at radius 2 is 1.76 bits per heavy atom. The molecule has 1 aliphatic rings. The molecular weight excluding hydrogens is 546 g/mol. The summed E-state index contributed by atoms with van der Waals surface area (Å²) in [5, 5.41) is 6.52. The van der Waals surface area contributed by atoms with Gasteiger partial charge in [-0.1, -0.05) is 24.3 Å². The molecule has 33 heavy (non-hydrogen) atoms. The monoisotopic (exact) mass is 577 g/mol. The number of nitrogens with one attached hydrogen (secondary N) is 2. The van der Waals surface area contributed by atoms with Crippen molar-refractivity contribution >= 4 is 35.8 Å². The lowest BCUT2D eigenvalue weighted by molar-refractivity contribution is -0.176. The van der Waals surface area contributed by atoms with E-state index < -0.39 is 12.8 Å². The minimum absolute atomic E-state index is 0. The van der Waals surface area contributed by atoms with Gasteiger partial charge in [0.15, 0.2) is 5.96 Å². The number of nitrogens with zero attached hydrogens (tertiary/aromatic N) is 3. The number of aromatic nitrogens is 1.